The molecule has 0 unspecified atom stereocenters. The monoisotopic (exact) mass is 410 g/mol. The lowest BCUT2D eigenvalue weighted by Gasteiger charge is -2.33. The van der Waals surface area contributed by atoms with Gasteiger partial charge in [0.2, 0.25) is 0 Å². The molecule has 0 aliphatic carbocycles. The van der Waals surface area contributed by atoms with Gasteiger partial charge >= 0.3 is 0 Å². The summed E-state index contributed by atoms with van der Waals surface area (Å²) < 4.78 is 2.39. The van der Waals surface area contributed by atoms with Crippen LogP contribution in [0.2, 0.25) is 0 Å². The van der Waals surface area contributed by atoms with E-state index in [9.17, 15) is 0 Å². The highest BCUT2D eigenvalue weighted by Crippen LogP contribution is 2.29. The van der Waals surface area contributed by atoms with Gasteiger partial charge in [0, 0.05) is 61.1 Å². The van der Waals surface area contributed by atoms with Crippen molar-refractivity contribution in [2.75, 3.05) is 26.2 Å². The molecule has 1 fully saturated rings. The van der Waals surface area contributed by atoms with Crippen LogP contribution in [0.1, 0.15) is 23.6 Å². The molecule has 158 valence electrons. The Morgan fingerprint density at radius 3 is 2.35 bits per heavy atom. The molecule has 4 heteroatoms. The standard InChI is InChI=1S/C27H30N4/c1-3-31-26-7-5-4-6-24(26)25-18-23(12-13-27(25)31)19-28-30-16-14-29(15-17-30)20-22-10-8-21(2)9-11-22/h4-13,18-19H,3,14-17,20H2,1-2H3/b28-19-. The first kappa shape index (κ1) is 19.8. The Labute approximate surface area is 184 Å². The molecular formula is C27H30N4. The van der Waals surface area contributed by atoms with Crippen molar-refractivity contribution in [3.05, 3.63) is 83.4 Å². The van der Waals surface area contributed by atoms with E-state index >= 15 is 0 Å². The Balaban J connectivity index is 1.27. The number of aryl methyl sites for hydroxylation is 2. The van der Waals surface area contributed by atoms with Gasteiger partial charge in [-0.25, -0.2) is 0 Å². The van der Waals surface area contributed by atoms with Crippen molar-refractivity contribution >= 4 is 28.0 Å². The minimum absolute atomic E-state index is 0.972. The van der Waals surface area contributed by atoms with Gasteiger partial charge in [0.05, 0.1) is 6.21 Å². The third kappa shape index (κ3) is 4.08. The zero-order chi connectivity index (χ0) is 21.2. The van der Waals surface area contributed by atoms with E-state index in [0.29, 0.717) is 0 Å². The fourth-order valence-electron chi connectivity index (χ4n) is 4.60. The van der Waals surface area contributed by atoms with Crippen LogP contribution in [0.15, 0.2) is 71.8 Å². The third-order valence-electron chi connectivity index (χ3n) is 6.36. The summed E-state index contributed by atoms with van der Waals surface area (Å²) in [5, 5.41) is 9.62. The molecule has 1 saturated heterocycles. The summed E-state index contributed by atoms with van der Waals surface area (Å²) in [6, 6.07) is 24.3. The summed E-state index contributed by atoms with van der Waals surface area (Å²) in [5.41, 5.74) is 6.47. The molecule has 0 atom stereocenters. The van der Waals surface area contributed by atoms with Crippen LogP contribution < -0.4 is 0 Å². The summed E-state index contributed by atoms with van der Waals surface area (Å²) in [6.45, 7) is 10.4. The van der Waals surface area contributed by atoms with Crippen molar-refractivity contribution in [2.45, 2.75) is 26.9 Å². The molecule has 4 nitrogen and oxygen atoms in total. The van der Waals surface area contributed by atoms with Gasteiger partial charge in [-0.3, -0.25) is 9.91 Å². The molecule has 0 amide bonds. The number of fused-ring (bicyclic) bond motifs is 3. The molecule has 0 saturated carbocycles. The SMILES string of the molecule is CCn1c2ccccc2c2cc(/C=N\N3CCN(Cc4ccc(C)cc4)CC3)ccc21. The number of benzene rings is 3. The molecule has 1 aromatic heterocycles. The second-order valence-corrected chi connectivity index (χ2v) is 8.50. The van der Waals surface area contributed by atoms with Crippen molar-refractivity contribution in [1.82, 2.24) is 14.5 Å². The number of hydrogen-bond acceptors (Lipinski definition) is 3. The van der Waals surface area contributed by atoms with Crippen molar-refractivity contribution in [2.24, 2.45) is 5.10 Å². The Morgan fingerprint density at radius 2 is 1.58 bits per heavy atom. The van der Waals surface area contributed by atoms with Crippen LogP contribution in [0.5, 0.6) is 0 Å². The molecule has 0 spiro atoms. The fourth-order valence-corrected chi connectivity index (χ4v) is 4.60. The Morgan fingerprint density at radius 1 is 0.839 bits per heavy atom. The molecule has 4 aromatic rings. The predicted octanol–water partition coefficient (Wildman–Crippen LogP) is 5.27. The van der Waals surface area contributed by atoms with Crippen molar-refractivity contribution in [1.29, 1.82) is 0 Å². The zero-order valence-corrected chi connectivity index (χ0v) is 18.5. The first-order valence-electron chi connectivity index (χ1n) is 11.3. The summed E-state index contributed by atoms with van der Waals surface area (Å²) in [4.78, 5) is 2.52. The quantitative estimate of drug-likeness (QED) is 0.418. The minimum Gasteiger partial charge on any atom is -0.341 e. The van der Waals surface area contributed by atoms with Crippen LogP contribution in [0.25, 0.3) is 21.8 Å². The Bertz CT molecular complexity index is 1210. The maximum atomic E-state index is 4.80. The van der Waals surface area contributed by atoms with Gasteiger partial charge in [-0.2, -0.15) is 5.10 Å². The van der Waals surface area contributed by atoms with E-state index in [4.69, 9.17) is 5.10 Å². The van der Waals surface area contributed by atoms with E-state index in [2.05, 4.69) is 95.1 Å². The van der Waals surface area contributed by atoms with Gasteiger partial charge in [-0.05, 0) is 43.2 Å². The maximum Gasteiger partial charge on any atom is 0.0543 e. The van der Waals surface area contributed by atoms with Crippen LogP contribution in [-0.4, -0.2) is 46.9 Å². The Hall–Kier alpha value is -3.11. The topological polar surface area (TPSA) is 23.8 Å². The van der Waals surface area contributed by atoms with Crippen LogP contribution in [0.3, 0.4) is 0 Å². The number of rotatable bonds is 5. The summed E-state index contributed by atoms with van der Waals surface area (Å²) in [5.74, 6) is 0. The Kier molecular flexibility index (Phi) is 5.47. The van der Waals surface area contributed by atoms with Gasteiger partial charge in [0.1, 0.15) is 0 Å². The van der Waals surface area contributed by atoms with E-state index in [1.807, 2.05) is 6.21 Å². The van der Waals surface area contributed by atoms with Gasteiger partial charge in [0.25, 0.3) is 0 Å². The average Bonchev–Trinajstić information content (AvgIpc) is 3.13. The molecule has 5 rings (SSSR count). The van der Waals surface area contributed by atoms with Gasteiger partial charge in [-0.1, -0.05) is 54.1 Å². The van der Waals surface area contributed by atoms with Gasteiger partial charge in [0.15, 0.2) is 0 Å². The van der Waals surface area contributed by atoms with Crippen molar-refractivity contribution in [3.63, 3.8) is 0 Å². The van der Waals surface area contributed by atoms with E-state index < -0.39 is 0 Å². The largest absolute Gasteiger partial charge is 0.341 e. The van der Waals surface area contributed by atoms with E-state index in [0.717, 1.165) is 44.8 Å². The first-order valence-corrected chi connectivity index (χ1v) is 11.3. The lowest BCUT2D eigenvalue weighted by atomic mass is 10.1. The van der Waals surface area contributed by atoms with Crippen molar-refractivity contribution < 1.29 is 0 Å². The second-order valence-electron chi connectivity index (χ2n) is 8.50. The molecule has 0 N–H and O–H groups in total. The van der Waals surface area contributed by atoms with Gasteiger partial charge in [-0.15, -0.1) is 0 Å². The van der Waals surface area contributed by atoms with Crippen LogP contribution in [0.4, 0.5) is 0 Å². The summed E-state index contributed by atoms with van der Waals surface area (Å²) in [7, 11) is 0. The third-order valence-corrected chi connectivity index (χ3v) is 6.36. The number of hydrogen-bond donors (Lipinski definition) is 0. The highest BCUT2D eigenvalue weighted by atomic mass is 15.5. The lowest BCUT2D eigenvalue weighted by Crippen LogP contribution is -2.43. The van der Waals surface area contributed by atoms with Crippen LogP contribution in [-0.2, 0) is 13.1 Å². The molecule has 0 bridgehead atoms. The van der Waals surface area contributed by atoms with Crippen molar-refractivity contribution in [3.8, 4) is 0 Å². The van der Waals surface area contributed by atoms with E-state index in [1.54, 1.807) is 0 Å². The fraction of sp³-hybridized carbons (Fsp3) is 0.296. The summed E-state index contributed by atoms with van der Waals surface area (Å²) in [6.07, 6.45) is 2.02. The zero-order valence-electron chi connectivity index (χ0n) is 18.5. The lowest BCUT2D eigenvalue weighted by molar-refractivity contribution is 0.131. The number of piperazine rings is 1. The molecule has 3 aromatic carbocycles. The molecule has 31 heavy (non-hydrogen) atoms. The first-order chi connectivity index (χ1) is 15.2. The number of para-hydroxylation sites is 1. The molecule has 1 aliphatic heterocycles. The number of nitrogens with zero attached hydrogens (tertiary/aromatic N) is 4. The summed E-state index contributed by atoms with van der Waals surface area (Å²) >= 11 is 0. The highest BCUT2D eigenvalue weighted by molar-refractivity contribution is 6.09. The van der Waals surface area contributed by atoms with Crippen LogP contribution in [0, 0.1) is 6.92 Å². The van der Waals surface area contributed by atoms with Crippen LogP contribution >= 0.6 is 0 Å². The second kappa shape index (κ2) is 8.56. The predicted molar refractivity (Wildman–Crippen MR) is 131 cm³/mol. The van der Waals surface area contributed by atoms with E-state index in [-0.39, 0.29) is 0 Å². The molecular weight excluding hydrogens is 380 g/mol. The highest BCUT2D eigenvalue weighted by Gasteiger charge is 2.15. The maximum absolute atomic E-state index is 4.80. The minimum atomic E-state index is 0.972. The number of hydrazone groups is 1. The average molecular weight is 411 g/mol. The van der Waals surface area contributed by atoms with Gasteiger partial charge < -0.3 is 4.57 Å². The smallest absolute Gasteiger partial charge is 0.0543 e. The number of aromatic nitrogens is 1. The molecule has 0 radical (unpaired) electrons. The van der Waals surface area contributed by atoms with E-state index in [1.165, 1.54) is 32.9 Å². The molecule has 2 heterocycles. The normalized spacial score (nSPS) is 15.5. The molecule has 1 aliphatic rings.